The molecule has 100 valence electrons. The van der Waals surface area contributed by atoms with Gasteiger partial charge in [-0.15, -0.1) is 0 Å². The van der Waals surface area contributed by atoms with Crippen molar-refractivity contribution in [3.8, 4) is 0 Å². The maximum atomic E-state index is 6.06. The topological polar surface area (TPSA) is 29.3 Å². The zero-order valence-corrected chi connectivity index (χ0v) is 12.1. The minimum absolute atomic E-state index is 0.634. The number of hydrogen-bond donors (Lipinski definition) is 1. The van der Waals surface area contributed by atoms with E-state index in [9.17, 15) is 0 Å². The van der Waals surface area contributed by atoms with Crippen LogP contribution in [0.2, 0.25) is 0 Å². The Balaban J connectivity index is 1.71. The van der Waals surface area contributed by atoms with Gasteiger partial charge in [0.2, 0.25) is 0 Å². The number of nitrogen functional groups attached to an aromatic ring is 1. The fraction of sp³-hybridized carbons (Fsp3) is 0.375. The summed E-state index contributed by atoms with van der Waals surface area (Å²) in [6, 6.07) is 9.18. The van der Waals surface area contributed by atoms with Gasteiger partial charge in [-0.2, -0.15) is 11.3 Å². The van der Waals surface area contributed by atoms with Crippen molar-refractivity contribution in [2.24, 2.45) is 0 Å². The lowest BCUT2D eigenvalue weighted by atomic mass is 9.86. The number of fused-ring (bicyclic) bond motifs is 1. The zero-order chi connectivity index (χ0) is 13.2. The van der Waals surface area contributed by atoms with Crippen LogP contribution in [0.15, 0.2) is 35.0 Å². The van der Waals surface area contributed by atoms with E-state index in [0.29, 0.717) is 6.04 Å². The molecule has 0 saturated heterocycles. The number of rotatable bonds is 3. The number of anilines is 1. The molecule has 1 aliphatic rings. The number of benzene rings is 1. The summed E-state index contributed by atoms with van der Waals surface area (Å²) >= 11 is 1.78. The molecule has 0 bridgehead atoms. The van der Waals surface area contributed by atoms with Gasteiger partial charge in [-0.25, -0.2) is 0 Å². The van der Waals surface area contributed by atoms with Gasteiger partial charge in [0, 0.05) is 18.3 Å². The molecule has 0 amide bonds. The van der Waals surface area contributed by atoms with Crippen LogP contribution in [0.3, 0.4) is 0 Å². The highest BCUT2D eigenvalue weighted by molar-refractivity contribution is 7.07. The number of likely N-dealkylation sites (N-methyl/N-ethyl adjacent to an activating group) is 1. The van der Waals surface area contributed by atoms with Gasteiger partial charge in [-0.1, -0.05) is 12.1 Å². The van der Waals surface area contributed by atoms with Crippen LogP contribution in [0, 0.1) is 0 Å². The molecular weight excluding hydrogens is 252 g/mol. The van der Waals surface area contributed by atoms with E-state index in [1.807, 2.05) is 6.07 Å². The normalized spacial score (nSPS) is 18.5. The third-order valence-corrected chi connectivity index (χ3v) is 4.86. The van der Waals surface area contributed by atoms with Gasteiger partial charge < -0.3 is 5.73 Å². The fourth-order valence-corrected chi connectivity index (χ4v) is 3.65. The highest BCUT2D eigenvalue weighted by Gasteiger charge is 2.23. The Morgan fingerprint density at radius 1 is 1.37 bits per heavy atom. The van der Waals surface area contributed by atoms with Gasteiger partial charge in [0.1, 0.15) is 0 Å². The minimum Gasteiger partial charge on any atom is -0.398 e. The average Bonchev–Trinajstić information content (AvgIpc) is 2.91. The van der Waals surface area contributed by atoms with Crippen molar-refractivity contribution in [3.63, 3.8) is 0 Å². The third-order valence-electron chi connectivity index (χ3n) is 4.13. The molecule has 0 fully saturated rings. The molecule has 0 saturated carbocycles. The number of hydrogen-bond acceptors (Lipinski definition) is 3. The Hall–Kier alpha value is -1.32. The summed E-state index contributed by atoms with van der Waals surface area (Å²) in [5.41, 5.74) is 11.3. The summed E-state index contributed by atoms with van der Waals surface area (Å²) in [6.45, 7) is 1.05. The SMILES string of the molecule is CN(Cc1ccsc1)C1CCc2c(N)cccc2C1. The molecule has 1 aliphatic carbocycles. The molecular formula is C16H20N2S. The quantitative estimate of drug-likeness (QED) is 0.869. The molecule has 0 radical (unpaired) electrons. The fourth-order valence-electron chi connectivity index (χ4n) is 2.99. The van der Waals surface area contributed by atoms with Crippen LogP contribution < -0.4 is 5.73 Å². The molecule has 1 unspecified atom stereocenters. The van der Waals surface area contributed by atoms with Crippen molar-refractivity contribution in [1.82, 2.24) is 4.90 Å². The van der Waals surface area contributed by atoms with Crippen LogP contribution in [0.1, 0.15) is 23.1 Å². The number of nitrogens with zero attached hydrogens (tertiary/aromatic N) is 1. The first kappa shape index (κ1) is 12.7. The van der Waals surface area contributed by atoms with Crippen LogP contribution in [0.5, 0.6) is 0 Å². The standard InChI is InChI=1S/C16H20N2S/c1-18(10-12-7-8-19-11-12)14-5-6-15-13(9-14)3-2-4-16(15)17/h2-4,7-8,11,14H,5-6,9-10,17H2,1H3. The van der Waals surface area contributed by atoms with Crippen molar-refractivity contribution in [1.29, 1.82) is 0 Å². The van der Waals surface area contributed by atoms with Crippen LogP contribution in [0.4, 0.5) is 5.69 Å². The predicted molar refractivity (Wildman–Crippen MR) is 82.5 cm³/mol. The largest absolute Gasteiger partial charge is 0.398 e. The second kappa shape index (κ2) is 5.35. The maximum absolute atomic E-state index is 6.06. The maximum Gasteiger partial charge on any atom is 0.0349 e. The molecule has 1 atom stereocenters. The number of thiophene rings is 1. The lowest BCUT2D eigenvalue weighted by Crippen LogP contribution is -2.36. The predicted octanol–water partition coefficient (Wildman–Crippen LogP) is 3.32. The summed E-state index contributed by atoms with van der Waals surface area (Å²) in [5, 5.41) is 4.39. The van der Waals surface area contributed by atoms with Crippen molar-refractivity contribution in [3.05, 3.63) is 51.7 Å². The van der Waals surface area contributed by atoms with Crippen molar-refractivity contribution in [2.75, 3.05) is 12.8 Å². The van der Waals surface area contributed by atoms with E-state index < -0.39 is 0 Å². The van der Waals surface area contributed by atoms with Crippen molar-refractivity contribution in [2.45, 2.75) is 31.8 Å². The van der Waals surface area contributed by atoms with E-state index in [4.69, 9.17) is 5.73 Å². The van der Waals surface area contributed by atoms with E-state index in [1.54, 1.807) is 11.3 Å². The molecule has 0 spiro atoms. The summed E-state index contributed by atoms with van der Waals surface area (Å²) in [5.74, 6) is 0. The highest BCUT2D eigenvalue weighted by Crippen LogP contribution is 2.28. The smallest absolute Gasteiger partial charge is 0.0349 e. The first-order chi connectivity index (χ1) is 9.24. The molecule has 0 aliphatic heterocycles. The Morgan fingerprint density at radius 3 is 3.05 bits per heavy atom. The van der Waals surface area contributed by atoms with Crippen molar-refractivity contribution < 1.29 is 0 Å². The van der Waals surface area contributed by atoms with Crippen LogP contribution in [-0.2, 0) is 19.4 Å². The van der Waals surface area contributed by atoms with Gasteiger partial charge in [0.05, 0.1) is 0 Å². The van der Waals surface area contributed by atoms with E-state index in [2.05, 4.69) is 40.9 Å². The van der Waals surface area contributed by atoms with Gasteiger partial charge >= 0.3 is 0 Å². The molecule has 3 rings (SSSR count). The van der Waals surface area contributed by atoms with E-state index in [-0.39, 0.29) is 0 Å². The molecule has 1 aromatic heterocycles. The molecule has 1 heterocycles. The summed E-state index contributed by atoms with van der Waals surface area (Å²) in [6.07, 6.45) is 3.45. The Bertz CT molecular complexity index is 548. The first-order valence-corrected chi connectivity index (χ1v) is 7.76. The van der Waals surface area contributed by atoms with E-state index >= 15 is 0 Å². The Kier molecular flexibility index (Phi) is 3.58. The van der Waals surface area contributed by atoms with E-state index in [1.165, 1.54) is 23.1 Å². The third kappa shape index (κ3) is 2.67. The van der Waals surface area contributed by atoms with Crippen LogP contribution in [0.25, 0.3) is 0 Å². The molecule has 2 aromatic rings. The lowest BCUT2D eigenvalue weighted by Gasteiger charge is -2.32. The molecule has 3 heteroatoms. The Morgan fingerprint density at radius 2 is 2.26 bits per heavy atom. The second-order valence-electron chi connectivity index (χ2n) is 5.43. The molecule has 19 heavy (non-hydrogen) atoms. The van der Waals surface area contributed by atoms with Crippen molar-refractivity contribution >= 4 is 17.0 Å². The summed E-state index contributed by atoms with van der Waals surface area (Å²) in [7, 11) is 2.24. The summed E-state index contributed by atoms with van der Waals surface area (Å²) < 4.78 is 0. The average molecular weight is 272 g/mol. The zero-order valence-electron chi connectivity index (χ0n) is 11.3. The molecule has 2 N–H and O–H groups in total. The van der Waals surface area contributed by atoms with Gasteiger partial charge in [0.15, 0.2) is 0 Å². The summed E-state index contributed by atoms with van der Waals surface area (Å²) in [4.78, 5) is 2.48. The second-order valence-corrected chi connectivity index (χ2v) is 6.21. The first-order valence-electron chi connectivity index (χ1n) is 6.81. The lowest BCUT2D eigenvalue weighted by molar-refractivity contribution is 0.214. The minimum atomic E-state index is 0.634. The van der Waals surface area contributed by atoms with Gasteiger partial charge in [-0.3, -0.25) is 4.90 Å². The Labute approximate surface area is 118 Å². The van der Waals surface area contributed by atoms with E-state index in [0.717, 1.165) is 25.1 Å². The molecule has 2 nitrogen and oxygen atoms in total. The van der Waals surface area contributed by atoms with Crippen LogP contribution >= 0.6 is 11.3 Å². The number of nitrogens with two attached hydrogens (primary N) is 1. The van der Waals surface area contributed by atoms with Gasteiger partial charge in [0.25, 0.3) is 0 Å². The highest BCUT2D eigenvalue weighted by atomic mass is 32.1. The van der Waals surface area contributed by atoms with Gasteiger partial charge in [-0.05, 0) is 65.9 Å². The molecule has 1 aromatic carbocycles. The van der Waals surface area contributed by atoms with Crippen LogP contribution in [-0.4, -0.2) is 18.0 Å². The monoisotopic (exact) mass is 272 g/mol.